The largest absolute Gasteiger partial charge is 0.466 e. The number of rotatable bonds is 4. The Bertz CT molecular complexity index is 886. The summed E-state index contributed by atoms with van der Waals surface area (Å²) < 4.78 is 58.6. The van der Waals surface area contributed by atoms with Crippen LogP contribution in [0.1, 0.15) is 40.2 Å². The van der Waals surface area contributed by atoms with E-state index < -0.39 is 29.5 Å². The molecule has 0 spiro atoms. The number of benzene rings is 2. The molecule has 0 amide bonds. The summed E-state index contributed by atoms with van der Waals surface area (Å²) in [7, 11) is 0. The van der Waals surface area contributed by atoms with E-state index in [-0.39, 0.29) is 5.56 Å². The van der Waals surface area contributed by atoms with Gasteiger partial charge in [-0.2, -0.15) is 13.2 Å². The maximum absolute atomic E-state index is 13.8. The maximum atomic E-state index is 13.8. The maximum Gasteiger partial charge on any atom is 0.416 e. The van der Waals surface area contributed by atoms with Gasteiger partial charge in [0.05, 0.1) is 11.5 Å². The first-order valence-corrected chi connectivity index (χ1v) is 8.00. The third-order valence-electron chi connectivity index (χ3n) is 4.22. The van der Waals surface area contributed by atoms with E-state index in [2.05, 4.69) is 0 Å². The Morgan fingerprint density at radius 2 is 1.62 bits per heavy atom. The molecule has 6 heteroatoms. The molecule has 3 rings (SSSR count). The lowest BCUT2D eigenvalue weighted by atomic mass is 9.85. The first-order chi connectivity index (χ1) is 12.3. The molecule has 0 aliphatic heterocycles. The Balaban J connectivity index is 2.09. The minimum absolute atomic E-state index is 0.0558. The molecule has 0 aliphatic carbocycles. The molecule has 2 aromatic carbocycles. The summed E-state index contributed by atoms with van der Waals surface area (Å²) in [4.78, 5) is 0. The van der Waals surface area contributed by atoms with Crippen molar-refractivity contribution in [1.82, 2.24) is 0 Å². The number of nitrogens with two attached hydrogens (primary N) is 1. The van der Waals surface area contributed by atoms with Crippen LogP contribution >= 0.6 is 0 Å². The minimum atomic E-state index is -4.65. The lowest BCUT2D eigenvalue weighted by molar-refractivity contribution is -0.137. The molecular formula is C20H17F4NO. The van der Waals surface area contributed by atoms with Crippen LogP contribution in [0.4, 0.5) is 17.6 Å². The SMILES string of the molecule is Cc1ccc(C(c2ccccc2)C(N)c2cc(F)cc(C(F)(F)F)c2)o1. The highest BCUT2D eigenvalue weighted by molar-refractivity contribution is 5.37. The summed E-state index contributed by atoms with van der Waals surface area (Å²) in [5.41, 5.74) is 6.06. The van der Waals surface area contributed by atoms with Gasteiger partial charge >= 0.3 is 6.18 Å². The lowest BCUT2D eigenvalue weighted by Gasteiger charge is -2.24. The summed E-state index contributed by atoms with van der Waals surface area (Å²) in [6, 6.07) is 14.0. The van der Waals surface area contributed by atoms with Crippen LogP contribution in [0.2, 0.25) is 0 Å². The molecule has 0 fully saturated rings. The third kappa shape index (κ3) is 3.80. The average molecular weight is 363 g/mol. The fraction of sp³-hybridized carbons (Fsp3) is 0.200. The summed E-state index contributed by atoms with van der Waals surface area (Å²) in [5.74, 6) is -0.358. The Hall–Kier alpha value is -2.60. The zero-order chi connectivity index (χ0) is 18.9. The monoisotopic (exact) mass is 363 g/mol. The standard InChI is InChI=1S/C20H17F4NO/c1-12-7-8-17(26-12)18(13-5-3-2-4-6-13)19(25)14-9-15(20(22,23)24)11-16(21)10-14/h2-11,18-19H,25H2,1H3. The van der Waals surface area contributed by atoms with Gasteiger partial charge in [-0.15, -0.1) is 0 Å². The van der Waals surface area contributed by atoms with Crippen LogP contribution < -0.4 is 5.73 Å². The molecular weight excluding hydrogens is 346 g/mol. The normalized spacial score (nSPS) is 14.2. The van der Waals surface area contributed by atoms with Gasteiger partial charge in [-0.1, -0.05) is 30.3 Å². The van der Waals surface area contributed by atoms with E-state index in [1.54, 1.807) is 31.2 Å². The molecule has 1 aromatic heterocycles. The predicted molar refractivity (Wildman–Crippen MR) is 90.1 cm³/mol. The molecule has 136 valence electrons. The zero-order valence-electron chi connectivity index (χ0n) is 13.9. The molecule has 0 radical (unpaired) electrons. The fourth-order valence-corrected chi connectivity index (χ4v) is 2.99. The number of halogens is 4. The first kappa shape index (κ1) is 18.2. The van der Waals surface area contributed by atoms with E-state index in [0.29, 0.717) is 17.6 Å². The zero-order valence-corrected chi connectivity index (χ0v) is 13.9. The van der Waals surface area contributed by atoms with Crippen molar-refractivity contribution in [3.8, 4) is 0 Å². The summed E-state index contributed by atoms with van der Waals surface area (Å²) in [6.07, 6.45) is -4.65. The van der Waals surface area contributed by atoms with Crippen molar-refractivity contribution in [2.45, 2.75) is 25.1 Å². The lowest BCUT2D eigenvalue weighted by Crippen LogP contribution is -2.21. The number of furan rings is 1. The van der Waals surface area contributed by atoms with E-state index in [0.717, 1.165) is 17.7 Å². The van der Waals surface area contributed by atoms with Crippen LogP contribution in [0.15, 0.2) is 65.1 Å². The van der Waals surface area contributed by atoms with Crippen molar-refractivity contribution in [3.05, 3.63) is 94.7 Å². The third-order valence-corrected chi connectivity index (χ3v) is 4.22. The van der Waals surface area contributed by atoms with Gasteiger partial charge < -0.3 is 10.2 Å². The molecule has 26 heavy (non-hydrogen) atoms. The van der Waals surface area contributed by atoms with E-state index in [1.165, 1.54) is 0 Å². The van der Waals surface area contributed by atoms with E-state index in [1.807, 2.05) is 18.2 Å². The number of hydrogen-bond donors (Lipinski definition) is 1. The van der Waals surface area contributed by atoms with Gasteiger partial charge in [0.2, 0.25) is 0 Å². The minimum Gasteiger partial charge on any atom is -0.466 e. The molecule has 3 aromatic rings. The van der Waals surface area contributed by atoms with Gasteiger partial charge in [0.1, 0.15) is 17.3 Å². The molecule has 2 N–H and O–H groups in total. The predicted octanol–water partition coefficient (Wildman–Crippen LogP) is 5.58. The second-order valence-corrected chi connectivity index (χ2v) is 6.13. The van der Waals surface area contributed by atoms with Crippen LogP contribution in [-0.2, 0) is 6.18 Å². The van der Waals surface area contributed by atoms with Crippen LogP contribution in [0.3, 0.4) is 0 Å². The molecule has 2 unspecified atom stereocenters. The molecule has 2 atom stereocenters. The van der Waals surface area contributed by atoms with Crippen LogP contribution in [0.25, 0.3) is 0 Å². The van der Waals surface area contributed by atoms with Crippen LogP contribution in [-0.4, -0.2) is 0 Å². The van der Waals surface area contributed by atoms with Crippen molar-refractivity contribution in [3.63, 3.8) is 0 Å². The van der Waals surface area contributed by atoms with Gasteiger partial charge in [-0.3, -0.25) is 0 Å². The Kier molecular flexibility index (Phi) is 4.87. The van der Waals surface area contributed by atoms with E-state index >= 15 is 0 Å². The quantitative estimate of drug-likeness (QED) is 0.615. The van der Waals surface area contributed by atoms with E-state index in [9.17, 15) is 17.6 Å². The van der Waals surface area contributed by atoms with Crippen molar-refractivity contribution in [1.29, 1.82) is 0 Å². The molecule has 0 bridgehead atoms. The van der Waals surface area contributed by atoms with Crippen LogP contribution in [0, 0.1) is 12.7 Å². The second-order valence-electron chi connectivity index (χ2n) is 6.13. The highest BCUT2D eigenvalue weighted by Crippen LogP contribution is 2.38. The summed E-state index contributed by atoms with van der Waals surface area (Å²) >= 11 is 0. The molecule has 0 aliphatic rings. The van der Waals surface area contributed by atoms with Gasteiger partial charge in [-0.25, -0.2) is 4.39 Å². The molecule has 0 saturated carbocycles. The van der Waals surface area contributed by atoms with Crippen molar-refractivity contribution in [2.24, 2.45) is 5.73 Å². The van der Waals surface area contributed by atoms with Crippen molar-refractivity contribution >= 4 is 0 Å². The topological polar surface area (TPSA) is 39.2 Å². The summed E-state index contributed by atoms with van der Waals surface area (Å²) in [6.45, 7) is 1.76. The van der Waals surface area contributed by atoms with Gasteiger partial charge in [0, 0.05) is 6.04 Å². The Morgan fingerprint density at radius 1 is 0.923 bits per heavy atom. The highest BCUT2D eigenvalue weighted by atomic mass is 19.4. The fourth-order valence-electron chi connectivity index (χ4n) is 2.99. The average Bonchev–Trinajstić information content (AvgIpc) is 3.00. The highest BCUT2D eigenvalue weighted by Gasteiger charge is 2.33. The van der Waals surface area contributed by atoms with E-state index in [4.69, 9.17) is 10.2 Å². The van der Waals surface area contributed by atoms with Crippen molar-refractivity contribution < 1.29 is 22.0 Å². The molecule has 1 heterocycles. The summed E-state index contributed by atoms with van der Waals surface area (Å²) in [5, 5.41) is 0. The Morgan fingerprint density at radius 3 is 2.19 bits per heavy atom. The number of hydrogen-bond acceptors (Lipinski definition) is 2. The number of alkyl halides is 3. The Labute approximate surface area is 148 Å². The second kappa shape index (κ2) is 6.96. The van der Waals surface area contributed by atoms with Crippen LogP contribution in [0.5, 0.6) is 0 Å². The van der Waals surface area contributed by atoms with Crippen molar-refractivity contribution in [2.75, 3.05) is 0 Å². The number of aryl methyl sites for hydroxylation is 1. The van der Waals surface area contributed by atoms with Gasteiger partial charge in [0.25, 0.3) is 0 Å². The first-order valence-electron chi connectivity index (χ1n) is 8.00. The molecule has 0 saturated heterocycles. The smallest absolute Gasteiger partial charge is 0.416 e. The van der Waals surface area contributed by atoms with Gasteiger partial charge in [0.15, 0.2) is 0 Å². The van der Waals surface area contributed by atoms with Gasteiger partial charge in [-0.05, 0) is 48.4 Å². The molecule has 2 nitrogen and oxygen atoms in total.